The summed E-state index contributed by atoms with van der Waals surface area (Å²) in [5.41, 5.74) is 6.67. The molecule has 0 heterocycles. The summed E-state index contributed by atoms with van der Waals surface area (Å²) in [6.45, 7) is 3.31. The molecule has 1 aromatic rings. The van der Waals surface area contributed by atoms with E-state index in [0.29, 0.717) is 13.1 Å². The Balaban J connectivity index is 2.20. The maximum absolute atomic E-state index is 11.7. The van der Waals surface area contributed by atoms with E-state index in [1.807, 2.05) is 25.1 Å². The number of hydrogen-bond acceptors (Lipinski definition) is 2. The molecule has 3 nitrogen and oxygen atoms in total. The lowest BCUT2D eigenvalue weighted by atomic mass is 10.0. The van der Waals surface area contributed by atoms with Gasteiger partial charge in [0.1, 0.15) is 0 Å². The quantitative estimate of drug-likeness (QED) is 0.754. The van der Waals surface area contributed by atoms with Crippen molar-refractivity contribution in [3.05, 3.63) is 35.9 Å². The zero-order chi connectivity index (χ0) is 12.5. The molecule has 0 bridgehead atoms. The fourth-order valence-electron chi connectivity index (χ4n) is 1.70. The third kappa shape index (κ3) is 5.50. The van der Waals surface area contributed by atoms with Crippen molar-refractivity contribution < 1.29 is 4.79 Å². The molecule has 0 radical (unpaired) electrons. The van der Waals surface area contributed by atoms with E-state index in [9.17, 15) is 4.79 Å². The van der Waals surface area contributed by atoms with Crippen molar-refractivity contribution in [2.45, 2.75) is 26.2 Å². The highest BCUT2D eigenvalue weighted by molar-refractivity contribution is 5.78. The van der Waals surface area contributed by atoms with Gasteiger partial charge in [-0.05, 0) is 31.4 Å². The van der Waals surface area contributed by atoms with Crippen molar-refractivity contribution in [3.8, 4) is 0 Å². The Morgan fingerprint density at radius 3 is 2.71 bits per heavy atom. The van der Waals surface area contributed by atoms with Crippen LogP contribution in [0.2, 0.25) is 0 Å². The molecular formula is C14H22N2O. The molecule has 1 aromatic carbocycles. The van der Waals surface area contributed by atoms with Crippen LogP contribution in [0.1, 0.15) is 25.3 Å². The molecule has 0 saturated carbocycles. The summed E-state index contributed by atoms with van der Waals surface area (Å²) in [6.07, 6.45) is 2.66. The fraction of sp³-hybridized carbons (Fsp3) is 0.500. The summed E-state index contributed by atoms with van der Waals surface area (Å²) in [5, 5.41) is 2.96. The fourth-order valence-corrected chi connectivity index (χ4v) is 1.70. The van der Waals surface area contributed by atoms with Gasteiger partial charge >= 0.3 is 0 Å². The van der Waals surface area contributed by atoms with Crippen LogP contribution in [0.15, 0.2) is 30.3 Å². The molecule has 0 aliphatic heterocycles. The summed E-state index contributed by atoms with van der Waals surface area (Å²) in [5.74, 6) is 0.198. The van der Waals surface area contributed by atoms with Crippen LogP contribution in [0, 0.1) is 5.92 Å². The van der Waals surface area contributed by atoms with Gasteiger partial charge < -0.3 is 11.1 Å². The van der Waals surface area contributed by atoms with Crippen LogP contribution in [0.3, 0.4) is 0 Å². The van der Waals surface area contributed by atoms with Gasteiger partial charge in [0, 0.05) is 12.5 Å². The van der Waals surface area contributed by atoms with Gasteiger partial charge in [0.15, 0.2) is 0 Å². The molecule has 1 amide bonds. The Kier molecular flexibility index (Phi) is 6.33. The number of carbonyl (C=O) groups is 1. The van der Waals surface area contributed by atoms with Gasteiger partial charge in [-0.2, -0.15) is 0 Å². The molecule has 94 valence electrons. The maximum atomic E-state index is 11.7. The number of hydrogen-bond donors (Lipinski definition) is 2. The van der Waals surface area contributed by atoms with Gasteiger partial charge in [0.05, 0.1) is 0 Å². The monoisotopic (exact) mass is 234 g/mol. The standard InChI is InChI=1S/C14H22N2O/c1-12(6-5-10-15)14(17)16-11-9-13-7-3-2-4-8-13/h2-4,7-8,12H,5-6,9-11,15H2,1H3,(H,16,17). The molecular weight excluding hydrogens is 212 g/mol. The highest BCUT2D eigenvalue weighted by atomic mass is 16.1. The average molecular weight is 234 g/mol. The Morgan fingerprint density at radius 2 is 2.06 bits per heavy atom. The molecule has 3 heteroatoms. The molecule has 17 heavy (non-hydrogen) atoms. The average Bonchev–Trinajstić information content (AvgIpc) is 2.37. The third-order valence-electron chi connectivity index (χ3n) is 2.84. The van der Waals surface area contributed by atoms with E-state index in [1.165, 1.54) is 5.56 Å². The first kappa shape index (κ1) is 13.7. The van der Waals surface area contributed by atoms with Crippen molar-refractivity contribution in [3.63, 3.8) is 0 Å². The van der Waals surface area contributed by atoms with E-state index in [2.05, 4.69) is 17.4 Å². The van der Waals surface area contributed by atoms with E-state index in [4.69, 9.17) is 5.73 Å². The largest absolute Gasteiger partial charge is 0.356 e. The first-order valence-electron chi connectivity index (χ1n) is 6.25. The summed E-state index contributed by atoms with van der Waals surface area (Å²) in [4.78, 5) is 11.7. The van der Waals surface area contributed by atoms with Crippen LogP contribution in [-0.2, 0) is 11.2 Å². The van der Waals surface area contributed by atoms with Crippen molar-refractivity contribution in [1.29, 1.82) is 0 Å². The lowest BCUT2D eigenvalue weighted by Crippen LogP contribution is -2.31. The van der Waals surface area contributed by atoms with Crippen molar-refractivity contribution >= 4 is 5.91 Å². The lowest BCUT2D eigenvalue weighted by molar-refractivity contribution is -0.124. The Hall–Kier alpha value is -1.35. The molecule has 0 aromatic heterocycles. The smallest absolute Gasteiger partial charge is 0.222 e. The van der Waals surface area contributed by atoms with Gasteiger partial charge in [-0.1, -0.05) is 37.3 Å². The van der Waals surface area contributed by atoms with Crippen molar-refractivity contribution in [2.75, 3.05) is 13.1 Å². The molecule has 0 aliphatic rings. The number of nitrogens with two attached hydrogens (primary N) is 1. The van der Waals surface area contributed by atoms with E-state index in [1.54, 1.807) is 0 Å². The second-order valence-corrected chi connectivity index (χ2v) is 4.36. The SMILES string of the molecule is CC(CCCN)C(=O)NCCc1ccccc1. The third-order valence-corrected chi connectivity index (χ3v) is 2.84. The Morgan fingerprint density at radius 1 is 1.35 bits per heavy atom. The molecule has 1 atom stereocenters. The molecule has 1 unspecified atom stereocenters. The number of carbonyl (C=O) groups excluding carboxylic acids is 1. The topological polar surface area (TPSA) is 55.1 Å². The maximum Gasteiger partial charge on any atom is 0.222 e. The zero-order valence-corrected chi connectivity index (χ0v) is 10.5. The normalized spacial score (nSPS) is 12.1. The van der Waals surface area contributed by atoms with Crippen LogP contribution in [0.25, 0.3) is 0 Å². The number of nitrogens with one attached hydrogen (secondary N) is 1. The van der Waals surface area contributed by atoms with Gasteiger partial charge in [-0.25, -0.2) is 0 Å². The molecule has 0 spiro atoms. The molecule has 3 N–H and O–H groups in total. The first-order valence-corrected chi connectivity index (χ1v) is 6.25. The van der Waals surface area contributed by atoms with E-state index >= 15 is 0 Å². The zero-order valence-electron chi connectivity index (χ0n) is 10.5. The van der Waals surface area contributed by atoms with Crippen molar-refractivity contribution in [1.82, 2.24) is 5.32 Å². The van der Waals surface area contributed by atoms with E-state index in [-0.39, 0.29) is 11.8 Å². The van der Waals surface area contributed by atoms with Crippen LogP contribution >= 0.6 is 0 Å². The predicted octanol–water partition coefficient (Wildman–Crippen LogP) is 1.72. The van der Waals surface area contributed by atoms with Crippen LogP contribution in [-0.4, -0.2) is 19.0 Å². The highest BCUT2D eigenvalue weighted by Crippen LogP contribution is 2.04. The second-order valence-electron chi connectivity index (χ2n) is 4.36. The van der Waals surface area contributed by atoms with Gasteiger partial charge in [-0.15, -0.1) is 0 Å². The number of benzene rings is 1. The highest BCUT2D eigenvalue weighted by Gasteiger charge is 2.10. The minimum absolute atomic E-state index is 0.0642. The first-order chi connectivity index (χ1) is 8.24. The summed E-state index contributed by atoms with van der Waals surface area (Å²) in [6, 6.07) is 10.2. The summed E-state index contributed by atoms with van der Waals surface area (Å²) < 4.78 is 0. The van der Waals surface area contributed by atoms with E-state index in [0.717, 1.165) is 19.3 Å². The summed E-state index contributed by atoms with van der Waals surface area (Å²) in [7, 11) is 0. The Bertz CT molecular complexity index is 324. The van der Waals surface area contributed by atoms with Crippen molar-refractivity contribution in [2.24, 2.45) is 11.7 Å². The number of rotatable bonds is 7. The predicted molar refractivity (Wildman–Crippen MR) is 70.6 cm³/mol. The molecule has 0 fully saturated rings. The molecule has 1 rings (SSSR count). The number of amides is 1. The minimum Gasteiger partial charge on any atom is -0.356 e. The lowest BCUT2D eigenvalue weighted by Gasteiger charge is -2.11. The van der Waals surface area contributed by atoms with Crippen LogP contribution in [0.5, 0.6) is 0 Å². The van der Waals surface area contributed by atoms with Crippen LogP contribution in [0.4, 0.5) is 0 Å². The Labute approximate surface area is 103 Å². The second kappa shape index (κ2) is 7.85. The van der Waals surface area contributed by atoms with Gasteiger partial charge in [0.2, 0.25) is 5.91 Å². The summed E-state index contributed by atoms with van der Waals surface area (Å²) >= 11 is 0. The van der Waals surface area contributed by atoms with Gasteiger partial charge in [0.25, 0.3) is 0 Å². The van der Waals surface area contributed by atoms with Gasteiger partial charge in [-0.3, -0.25) is 4.79 Å². The minimum atomic E-state index is 0.0642. The van der Waals surface area contributed by atoms with E-state index < -0.39 is 0 Å². The molecule has 0 saturated heterocycles. The van der Waals surface area contributed by atoms with Crippen LogP contribution < -0.4 is 11.1 Å². The molecule has 0 aliphatic carbocycles.